The van der Waals surface area contributed by atoms with Gasteiger partial charge in [-0.25, -0.2) is 0 Å². The monoisotopic (exact) mass is 207 g/mol. The summed E-state index contributed by atoms with van der Waals surface area (Å²) >= 11 is 0. The highest BCUT2D eigenvalue weighted by Gasteiger charge is 2.13. The van der Waals surface area contributed by atoms with Crippen LogP contribution in [-0.2, 0) is 0 Å². The van der Waals surface area contributed by atoms with Gasteiger partial charge in [0.15, 0.2) is 0 Å². The van der Waals surface area contributed by atoms with Gasteiger partial charge in [0, 0.05) is 0 Å². The van der Waals surface area contributed by atoms with Gasteiger partial charge < -0.3 is 10.4 Å². The lowest BCUT2D eigenvalue weighted by Gasteiger charge is -2.20. The summed E-state index contributed by atoms with van der Waals surface area (Å²) < 4.78 is 0. The molecule has 84 valence electrons. The summed E-state index contributed by atoms with van der Waals surface area (Å²) in [6, 6.07) is 4.30. The summed E-state index contributed by atoms with van der Waals surface area (Å²) in [6.45, 7) is 9.45. The molecule has 0 aliphatic heterocycles. The Morgan fingerprint density at radius 1 is 1.20 bits per heavy atom. The van der Waals surface area contributed by atoms with Gasteiger partial charge in [-0.2, -0.15) is 0 Å². The number of aliphatic hydroxyl groups is 1. The number of nitrogens with one attached hydrogen (secondary N) is 1. The van der Waals surface area contributed by atoms with Crippen LogP contribution in [0.2, 0.25) is 0 Å². The molecule has 0 fully saturated rings. The Bertz CT molecular complexity index is 334. The number of likely N-dealkylation sites (N-methyl/N-ethyl adjacent to an activating group) is 1. The van der Waals surface area contributed by atoms with Crippen LogP contribution < -0.4 is 5.32 Å². The van der Waals surface area contributed by atoms with Gasteiger partial charge in [0.2, 0.25) is 0 Å². The van der Waals surface area contributed by atoms with E-state index in [1.807, 2.05) is 0 Å². The van der Waals surface area contributed by atoms with Gasteiger partial charge in [-0.3, -0.25) is 0 Å². The summed E-state index contributed by atoms with van der Waals surface area (Å²) in [5.41, 5.74) is 5.13. The standard InChI is InChI=1S/C13H21NO/c1-5-14-13(8-15)12-7-6-9(2)10(3)11(12)4/h6-7,13-15H,5,8H2,1-4H3. The minimum absolute atomic E-state index is 0.0642. The molecule has 2 N–H and O–H groups in total. The summed E-state index contributed by atoms with van der Waals surface area (Å²) in [6.07, 6.45) is 0. The minimum Gasteiger partial charge on any atom is -0.394 e. The van der Waals surface area contributed by atoms with E-state index in [0.29, 0.717) is 0 Å². The first-order valence-electron chi connectivity index (χ1n) is 5.52. The topological polar surface area (TPSA) is 32.3 Å². The zero-order valence-corrected chi connectivity index (χ0v) is 10.1. The van der Waals surface area contributed by atoms with Crippen molar-refractivity contribution in [3.8, 4) is 0 Å². The molecule has 0 spiro atoms. The summed E-state index contributed by atoms with van der Waals surface area (Å²) in [4.78, 5) is 0. The van der Waals surface area contributed by atoms with Crippen molar-refractivity contribution in [2.24, 2.45) is 0 Å². The molecular formula is C13H21NO. The average molecular weight is 207 g/mol. The van der Waals surface area contributed by atoms with Crippen molar-refractivity contribution in [2.75, 3.05) is 13.2 Å². The summed E-state index contributed by atoms with van der Waals surface area (Å²) in [5.74, 6) is 0. The zero-order valence-electron chi connectivity index (χ0n) is 10.1. The lowest BCUT2D eigenvalue weighted by molar-refractivity contribution is 0.246. The van der Waals surface area contributed by atoms with Gasteiger partial charge >= 0.3 is 0 Å². The van der Waals surface area contributed by atoms with Crippen molar-refractivity contribution in [1.82, 2.24) is 5.32 Å². The molecule has 2 heteroatoms. The first kappa shape index (κ1) is 12.2. The van der Waals surface area contributed by atoms with E-state index >= 15 is 0 Å². The van der Waals surface area contributed by atoms with Crippen molar-refractivity contribution < 1.29 is 5.11 Å². The number of hydrogen-bond donors (Lipinski definition) is 2. The van der Waals surface area contributed by atoms with Crippen LogP contribution in [0.4, 0.5) is 0 Å². The highest BCUT2D eigenvalue weighted by Crippen LogP contribution is 2.22. The maximum absolute atomic E-state index is 9.33. The minimum atomic E-state index is 0.0642. The maximum Gasteiger partial charge on any atom is 0.0626 e. The molecule has 0 heterocycles. The van der Waals surface area contributed by atoms with Crippen molar-refractivity contribution in [3.63, 3.8) is 0 Å². The molecule has 0 saturated heterocycles. The lowest BCUT2D eigenvalue weighted by atomic mass is 9.94. The number of hydrogen-bond acceptors (Lipinski definition) is 2. The smallest absolute Gasteiger partial charge is 0.0626 e. The van der Waals surface area contributed by atoms with E-state index in [0.717, 1.165) is 6.54 Å². The first-order valence-corrected chi connectivity index (χ1v) is 5.52. The highest BCUT2D eigenvalue weighted by molar-refractivity contribution is 5.40. The Labute approximate surface area is 92.3 Å². The van der Waals surface area contributed by atoms with Crippen molar-refractivity contribution in [3.05, 3.63) is 34.4 Å². The third-order valence-electron chi connectivity index (χ3n) is 3.11. The molecule has 0 amide bonds. The van der Waals surface area contributed by atoms with Gasteiger partial charge in [0.25, 0.3) is 0 Å². The van der Waals surface area contributed by atoms with Crippen LogP contribution in [0.5, 0.6) is 0 Å². The van der Waals surface area contributed by atoms with Crippen molar-refractivity contribution in [1.29, 1.82) is 0 Å². The average Bonchev–Trinajstić information content (AvgIpc) is 2.24. The maximum atomic E-state index is 9.33. The third-order valence-corrected chi connectivity index (χ3v) is 3.11. The van der Waals surface area contributed by atoms with Gasteiger partial charge in [-0.15, -0.1) is 0 Å². The Morgan fingerprint density at radius 2 is 1.87 bits per heavy atom. The van der Waals surface area contributed by atoms with E-state index in [4.69, 9.17) is 0 Å². The van der Waals surface area contributed by atoms with Gasteiger partial charge in [-0.05, 0) is 49.6 Å². The molecule has 0 aromatic heterocycles. The van der Waals surface area contributed by atoms with Crippen LogP contribution in [0, 0.1) is 20.8 Å². The Balaban J connectivity index is 3.07. The van der Waals surface area contributed by atoms with Gasteiger partial charge in [0.1, 0.15) is 0 Å². The molecule has 1 aromatic rings. The fourth-order valence-corrected chi connectivity index (χ4v) is 1.87. The molecule has 0 saturated carbocycles. The lowest BCUT2D eigenvalue weighted by Crippen LogP contribution is -2.25. The Kier molecular flexibility index (Phi) is 4.30. The molecule has 0 radical (unpaired) electrons. The predicted octanol–water partition coefficient (Wildman–Crippen LogP) is 2.25. The fraction of sp³-hybridized carbons (Fsp3) is 0.538. The second-order valence-electron chi connectivity index (χ2n) is 4.01. The van der Waals surface area contributed by atoms with Crippen LogP contribution in [0.1, 0.15) is 35.2 Å². The summed E-state index contributed by atoms with van der Waals surface area (Å²) in [5, 5.41) is 12.6. The molecule has 0 aliphatic rings. The summed E-state index contributed by atoms with van der Waals surface area (Å²) in [7, 11) is 0. The quantitative estimate of drug-likeness (QED) is 0.793. The van der Waals surface area contributed by atoms with Crippen molar-refractivity contribution in [2.45, 2.75) is 33.7 Å². The molecule has 15 heavy (non-hydrogen) atoms. The first-order chi connectivity index (χ1) is 7.11. The zero-order chi connectivity index (χ0) is 11.4. The second-order valence-corrected chi connectivity index (χ2v) is 4.01. The van der Waals surface area contributed by atoms with Gasteiger partial charge in [-0.1, -0.05) is 19.1 Å². The fourth-order valence-electron chi connectivity index (χ4n) is 1.87. The molecule has 1 aromatic carbocycles. The van der Waals surface area contributed by atoms with E-state index < -0.39 is 0 Å². The molecule has 1 rings (SSSR count). The number of benzene rings is 1. The normalized spacial score (nSPS) is 12.9. The van der Waals surface area contributed by atoms with E-state index in [9.17, 15) is 5.11 Å². The number of aryl methyl sites for hydroxylation is 1. The third kappa shape index (κ3) is 2.58. The Morgan fingerprint density at radius 3 is 2.40 bits per heavy atom. The van der Waals surface area contributed by atoms with Crippen molar-refractivity contribution >= 4 is 0 Å². The second kappa shape index (κ2) is 5.29. The van der Waals surface area contributed by atoms with Crippen LogP contribution in [0.15, 0.2) is 12.1 Å². The van der Waals surface area contributed by atoms with E-state index in [1.165, 1.54) is 22.3 Å². The van der Waals surface area contributed by atoms with Crippen LogP contribution in [-0.4, -0.2) is 18.3 Å². The molecule has 0 aliphatic carbocycles. The highest BCUT2D eigenvalue weighted by atomic mass is 16.3. The van der Waals surface area contributed by atoms with E-state index in [-0.39, 0.29) is 12.6 Å². The number of rotatable bonds is 4. The molecular weight excluding hydrogens is 186 g/mol. The largest absolute Gasteiger partial charge is 0.394 e. The SMILES string of the molecule is CCNC(CO)c1ccc(C)c(C)c1C. The van der Waals surface area contributed by atoms with Crippen LogP contribution in [0.25, 0.3) is 0 Å². The molecule has 0 bridgehead atoms. The van der Waals surface area contributed by atoms with E-state index in [2.05, 4.69) is 45.1 Å². The van der Waals surface area contributed by atoms with Crippen LogP contribution in [0.3, 0.4) is 0 Å². The number of aliphatic hydroxyl groups excluding tert-OH is 1. The predicted molar refractivity (Wildman–Crippen MR) is 64.2 cm³/mol. The molecule has 1 atom stereocenters. The molecule has 1 unspecified atom stereocenters. The van der Waals surface area contributed by atoms with Gasteiger partial charge in [0.05, 0.1) is 12.6 Å². The molecule has 2 nitrogen and oxygen atoms in total. The van der Waals surface area contributed by atoms with Crippen LogP contribution >= 0.6 is 0 Å². The van der Waals surface area contributed by atoms with E-state index in [1.54, 1.807) is 0 Å². The Hall–Kier alpha value is -0.860.